The second-order valence-electron chi connectivity index (χ2n) is 4.11. The van der Waals surface area contributed by atoms with Crippen molar-refractivity contribution in [1.29, 1.82) is 0 Å². The zero-order valence-electron chi connectivity index (χ0n) is 11.1. The lowest BCUT2D eigenvalue weighted by Crippen LogP contribution is -2.22. The third kappa shape index (κ3) is 3.45. The van der Waals surface area contributed by atoms with Crippen LogP contribution in [0.1, 0.15) is 17.3 Å². The van der Waals surface area contributed by atoms with Crippen molar-refractivity contribution in [2.24, 2.45) is 0 Å². The number of rotatable bonds is 5. The van der Waals surface area contributed by atoms with Gasteiger partial charge in [0.2, 0.25) is 0 Å². The standard InChI is InChI=1S/C16H15NO3/c1-2-20-14-10-8-13(9-11-14)17-16(19)15(18)12-6-4-3-5-7-12/h3-11H,2H2,1H3,(H,17,19). The van der Waals surface area contributed by atoms with Crippen molar-refractivity contribution in [3.05, 3.63) is 60.2 Å². The molecule has 0 unspecified atom stereocenters. The van der Waals surface area contributed by atoms with E-state index in [-0.39, 0.29) is 0 Å². The fourth-order valence-electron chi connectivity index (χ4n) is 1.71. The molecule has 0 aliphatic carbocycles. The van der Waals surface area contributed by atoms with Crippen LogP contribution < -0.4 is 10.1 Å². The average Bonchev–Trinajstić information content (AvgIpc) is 2.49. The fourth-order valence-corrected chi connectivity index (χ4v) is 1.71. The second kappa shape index (κ2) is 6.52. The molecule has 1 amide bonds. The number of carbonyl (C=O) groups is 2. The number of ether oxygens (including phenoxy) is 1. The van der Waals surface area contributed by atoms with Gasteiger partial charge in [-0.3, -0.25) is 9.59 Å². The Morgan fingerprint density at radius 3 is 2.25 bits per heavy atom. The highest BCUT2D eigenvalue weighted by molar-refractivity contribution is 6.46. The van der Waals surface area contributed by atoms with E-state index in [9.17, 15) is 9.59 Å². The summed E-state index contributed by atoms with van der Waals surface area (Å²) >= 11 is 0. The summed E-state index contributed by atoms with van der Waals surface area (Å²) in [6.07, 6.45) is 0. The van der Waals surface area contributed by atoms with E-state index in [1.807, 2.05) is 6.92 Å². The summed E-state index contributed by atoms with van der Waals surface area (Å²) in [6, 6.07) is 15.3. The molecule has 4 heteroatoms. The van der Waals surface area contributed by atoms with Crippen molar-refractivity contribution in [3.63, 3.8) is 0 Å². The third-order valence-corrected chi connectivity index (χ3v) is 2.67. The monoisotopic (exact) mass is 269 g/mol. The van der Waals surface area contributed by atoms with Crippen LogP contribution in [-0.2, 0) is 4.79 Å². The highest BCUT2D eigenvalue weighted by atomic mass is 16.5. The number of carbonyl (C=O) groups excluding carboxylic acids is 2. The van der Waals surface area contributed by atoms with Gasteiger partial charge in [0.1, 0.15) is 5.75 Å². The van der Waals surface area contributed by atoms with Crippen molar-refractivity contribution < 1.29 is 14.3 Å². The van der Waals surface area contributed by atoms with E-state index in [0.717, 1.165) is 5.75 Å². The molecule has 0 fully saturated rings. The number of nitrogens with one attached hydrogen (secondary N) is 1. The third-order valence-electron chi connectivity index (χ3n) is 2.67. The number of Topliss-reactive ketones (excluding diaryl/α,β-unsaturated/α-hetero) is 1. The second-order valence-corrected chi connectivity index (χ2v) is 4.11. The minimum Gasteiger partial charge on any atom is -0.494 e. The predicted molar refractivity (Wildman–Crippen MR) is 77.0 cm³/mol. The largest absolute Gasteiger partial charge is 0.494 e. The molecule has 0 aliphatic heterocycles. The molecule has 1 N–H and O–H groups in total. The van der Waals surface area contributed by atoms with Crippen LogP contribution in [0.15, 0.2) is 54.6 Å². The number of ketones is 1. The molecule has 2 rings (SSSR count). The first-order valence-corrected chi connectivity index (χ1v) is 6.34. The van der Waals surface area contributed by atoms with Crippen molar-refractivity contribution in [3.8, 4) is 5.75 Å². The average molecular weight is 269 g/mol. The van der Waals surface area contributed by atoms with Gasteiger partial charge in [-0.05, 0) is 31.2 Å². The van der Waals surface area contributed by atoms with Crippen LogP contribution in [-0.4, -0.2) is 18.3 Å². The van der Waals surface area contributed by atoms with Crippen molar-refractivity contribution in [1.82, 2.24) is 0 Å². The number of benzene rings is 2. The van der Waals surface area contributed by atoms with Crippen LogP contribution in [0.3, 0.4) is 0 Å². The molecule has 0 heterocycles. The van der Waals surface area contributed by atoms with Crippen LogP contribution >= 0.6 is 0 Å². The van der Waals surface area contributed by atoms with Gasteiger partial charge in [0, 0.05) is 11.3 Å². The van der Waals surface area contributed by atoms with Crippen LogP contribution in [0.4, 0.5) is 5.69 Å². The number of hydrogen-bond donors (Lipinski definition) is 1. The van der Waals surface area contributed by atoms with E-state index >= 15 is 0 Å². The molecule has 0 bridgehead atoms. The lowest BCUT2D eigenvalue weighted by molar-refractivity contribution is -0.112. The molecule has 20 heavy (non-hydrogen) atoms. The molecule has 0 aromatic heterocycles. The quantitative estimate of drug-likeness (QED) is 0.670. The van der Waals surface area contributed by atoms with Crippen LogP contribution in [0.5, 0.6) is 5.75 Å². The zero-order chi connectivity index (χ0) is 14.4. The maximum atomic E-state index is 11.9. The molecule has 0 aliphatic rings. The van der Waals surface area contributed by atoms with Gasteiger partial charge in [0.25, 0.3) is 11.7 Å². The molecular formula is C16H15NO3. The minimum absolute atomic E-state index is 0.371. The SMILES string of the molecule is CCOc1ccc(NC(=O)C(=O)c2ccccc2)cc1. The van der Waals surface area contributed by atoms with Crippen molar-refractivity contribution in [2.75, 3.05) is 11.9 Å². The molecule has 2 aromatic rings. The maximum Gasteiger partial charge on any atom is 0.296 e. The van der Waals surface area contributed by atoms with Crippen molar-refractivity contribution in [2.45, 2.75) is 6.92 Å². The van der Waals surface area contributed by atoms with E-state index < -0.39 is 11.7 Å². The van der Waals surface area contributed by atoms with Gasteiger partial charge < -0.3 is 10.1 Å². The van der Waals surface area contributed by atoms with Gasteiger partial charge in [-0.2, -0.15) is 0 Å². The van der Waals surface area contributed by atoms with Gasteiger partial charge in [-0.15, -0.1) is 0 Å². The van der Waals surface area contributed by atoms with Gasteiger partial charge >= 0.3 is 0 Å². The van der Waals surface area contributed by atoms with Crippen molar-refractivity contribution >= 4 is 17.4 Å². The predicted octanol–water partition coefficient (Wildman–Crippen LogP) is 2.91. The Morgan fingerprint density at radius 2 is 1.65 bits per heavy atom. The number of anilines is 1. The Kier molecular flexibility index (Phi) is 4.50. The molecule has 2 aromatic carbocycles. The highest BCUT2D eigenvalue weighted by Crippen LogP contribution is 2.15. The lowest BCUT2D eigenvalue weighted by atomic mass is 10.1. The Labute approximate surface area is 117 Å². The normalized spacial score (nSPS) is 9.85. The van der Waals surface area contributed by atoms with Gasteiger partial charge in [-0.25, -0.2) is 0 Å². The Balaban J connectivity index is 2.02. The summed E-state index contributed by atoms with van der Waals surface area (Å²) in [5.41, 5.74) is 0.929. The van der Waals surface area contributed by atoms with Gasteiger partial charge in [-0.1, -0.05) is 30.3 Å². The summed E-state index contributed by atoms with van der Waals surface area (Å²) < 4.78 is 5.30. The summed E-state index contributed by atoms with van der Waals surface area (Å²) in [5, 5.41) is 2.57. The van der Waals surface area contributed by atoms with E-state index in [0.29, 0.717) is 17.9 Å². The molecule has 0 saturated heterocycles. The molecule has 102 valence electrons. The first-order valence-electron chi connectivity index (χ1n) is 6.34. The van der Waals surface area contributed by atoms with Gasteiger partial charge in [0.15, 0.2) is 0 Å². The summed E-state index contributed by atoms with van der Waals surface area (Å²) in [4.78, 5) is 23.7. The lowest BCUT2D eigenvalue weighted by Gasteiger charge is -2.06. The van der Waals surface area contributed by atoms with E-state index in [1.54, 1.807) is 54.6 Å². The first kappa shape index (κ1) is 13.8. The first-order chi connectivity index (χ1) is 9.70. The van der Waals surface area contributed by atoms with Crippen LogP contribution in [0.25, 0.3) is 0 Å². The minimum atomic E-state index is -0.652. The number of amides is 1. The molecule has 0 spiro atoms. The van der Waals surface area contributed by atoms with Crippen LogP contribution in [0.2, 0.25) is 0 Å². The Bertz CT molecular complexity index is 591. The Morgan fingerprint density at radius 1 is 1.00 bits per heavy atom. The summed E-state index contributed by atoms with van der Waals surface area (Å²) in [7, 11) is 0. The zero-order valence-corrected chi connectivity index (χ0v) is 11.1. The smallest absolute Gasteiger partial charge is 0.296 e. The summed E-state index contributed by atoms with van der Waals surface area (Å²) in [5.74, 6) is -0.486. The summed E-state index contributed by atoms with van der Waals surface area (Å²) in [6.45, 7) is 2.48. The van der Waals surface area contributed by atoms with Crippen LogP contribution in [0, 0.1) is 0 Å². The highest BCUT2D eigenvalue weighted by Gasteiger charge is 2.15. The molecule has 4 nitrogen and oxygen atoms in total. The number of hydrogen-bond acceptors (Lipinski definition) is 3. The van der Waals surface area contributed by atoms with Gasteiger partial charge in [0.05, 0.1) is 6.61 Å². The van der Waals surface area contributed by atoms with E-state index in [4.69, 9.17) is 4.74 Å². The maximum absolute atomic E-state index is 11.9. The topological polar surface area (TPSA) is 55.4 Å². The van der Waals surface area contributed by atoms with E-state index in [1.165, 1.54) is 0 Å². The molecular weight excluding hydrogens is 254 g/mol. The molecule has 0 atom stereocenters. The fraction of sp³-hybridized carbons (Fsp3) is 0.125. The molecule has 0 radical (unpaired) electrons. The van der Waals surface area contributed by atoms with E-state index in [2.05, 4.69) is 5.32 Å². The Hall–Kier alpha value is -2.62. The molecule has 0 saturated carbocycles.